The Bertz CT molecular complexity index is 922. The molecule has 0 aliphatic heterocycles. The summed E-state index contributed by atoms with van der Waals surface area (Å²) < 4.78 is 2.34. The number of hydrogen-bond acceptors (Lipinski definition) is 4. The molecule has 1 fully saturated rings. The highest BCUT2D eigenvalue weighted by Gasteiger charge is 2.24. The SMILES string of the molecule is Cc1ccc(N(CCC#N)C(=O)CSc2nc(C)c(C)n2C2CCCC2)cc1C. The van der Waals surface area contributed by atoms with Crippen molar-refractivity contribution in [1.82, 2.24) is 9.55 Å². The first-order chi connectivity index (χ1) is 13.9. The maximum Gasteiger partial charge on any atom is 0.237 e. The molecule has 1 aromatic carbocycles. The highest BCUT2D eigenvalue weighted by molar-refractivity contribution is 7.99. The monoisotopic (exact) mass is 410 g/mol. The minimum atomic E-state index is 0.0183. The van der Waals surface area contributed by atoms with Gasteiger partial charge in [0, 0.05) is 24.0 Å². The molecule has 1 aliphatic rings. The molecule has 0 bridgehead atoms. The van der Waals surface area contributed by atoms with Crippen molar-refractivity contribution >= 4 is 23.4 Å². The third kappa shape index (κ3) is 4.84. The smallest absolute Gasteiger partial charge is 0.237 e. The molecule has 0 atom stereocenters. The van der Waals surface area contributed by atoms with Gasteiger partial charge in [-0.2, -0.15) is 5.26 Å². The molecular formula is C23H30N4OS. The number of thioether (sulfide) groups is 1. The summed E-state index contributed by atoms with van der Waals surface area (Å²) in [5, 5.41) is 9.98. The number of benzene rings is 1. The van der Waals surface area contributed by atoms with E-state index in [1.807, 2.05) is 32.0 Å². The largest absolute Gasteiger partial charge is 0.320 e. The van der Waals surface area contributed by atoms with Gasteiger partial charge in [-0.3, -0.25) is 4.79 Å². The standard InChI is InChI=1S/C23H30N4OS/c1-16-10-11-21(14-17(16)2)26(13-7-12-24)22(28)15-29-23-25-18(3)19(4)27(23)20-8-5-6-9-20/h10-11,14,20H,5-9,13,15H2,1-4H3. The average Bonchev–Trinajstić information content (AvgIpc) is 3.31. The first kappa shape index (κ1) is 21.4. The summed E-state index contributed by atoms with van der Waals surface area (Å²) in [7, 11) is 0. The molecule has 2 aromatic rings. The van der Waals surface area contributed by atoms with Crippen LogP contribution in [0.4, 0.5) is 5.69 Å². The number of rotatable bonds is 7. The summed E-state index contributed by atoms with van der Waals surface area (Å²) in [6.07, 6.45) is 5.22. The van der Waals surface area contributed by atoms with E-state index in [1.54, 1.807) is 4.90 Å². The molecule has 0 spiro atoms. The molecule has 29 heavy (non-hydrogen) atoms. The van der Waals surface area contributed by atoms with Crippen LogP contribution < -0.4 is 4.90 Å². The van der Waals surface area contributed by atoms with Gasteiger partial charge >= 0.3 is 0 Å². The minimum absolute atomic E-state index is 0.0183. The quantitative estimate of drug-likeness (QED) is 0.583. The van der Waals surface area contributed by atoms with E-state index in [0.717, 1.165) is 22.1 Å². The fourth-order valence-corrected chi connectivity index (χ4v) is 4.98. The second-order valence-electron chi connectivity index (χ2n) is 7.88. The topological polar surface area (TPSA) is 61.9 Å². The van der Waals surface area contributed by atoms with Crippen molar-refractivity contribution in [2.75, 3.05) is 17.2 Å². The zero-order valence-electron chi connectivity index (χ0n) is 17.9. The number of amides is 1. The van der Waals surface area contributed by atoms with Gasteiger partial charge in [0.05, 0.1) is 23.9 Å². The summed E-state index contributed by atoms with van der Waals surface area (Å²) in [4.78, 5) is 19.6. The number of carbonyl (C=O) groups excluding carboxylic acids is 1. The number of carbonyl (C=O) groups is 1. The van der Waals surface area contributed by atoms with Crippen LogP contribution in [0.5, 0.6) is 0 Å². The van der Waals surface area contributed by atoms with Crippen molar-refractivity contribution in [3.63, 3.8) is 0 Å². The van der Waals surface area contributed by atoms with E-state index in [0.29, 0.717) is 24.8 Å². The summed E-state index contributed by atoms with van der Waals surface area (Å²) >= 11 is 1.52. The lowest BCUT2D eigenvalue weighted by atomic mass is 10.1. The fraction of sp³-hybridized carbons (Fsp3) is 0.522. The van der Waals surface area contributed by atoms with Crippen molar-refractivity contribution in [3.8, 4) is 6.07 Å². The van der Waals surface area contributed by atoms with E-state index in [1.165, 1.54) is 48.7 Å². The van der Waals surface area contributed by atoms with Crippen LogP contribution in [0.15, 0.2) is 23.4 Å². The number of imidazole rings is 1. The zero-order chi connectivity index (χ0) is 21.0. The van der Waals surface area contributed by atoms with Gasteiger partial charge < -0.3 is 9.47 Å². The highest BCUT2D eigenvalue weighted by Crippen LogP contribution is 2.35. The molecular weight excluding hydrogens is 380 g/mol. The van der Waals surface area contributed by atoms with E-state index in [2.05, 4.69) is 24.5 Å². The lowest BCUT2D eigenvalue weighted by Gasteiger charge is -2.23. The number of nitrogens with zero attached hydrogens (tertiary/aromatic N) is 4. The zero-order valence-corrected chi connectivity index (χ0v) is 18.7. The number of anilines is 1. The van der Waals surface area contributed by atoms with E-state index in [4.69, 9.17) is 10.2 Å². The molecule has 0 saturated heterocycles. The molecule has 0 N–H and O–H groups in total. The van der Waals surface area contributed by atoms with Gasteiger partial charge in [-0.15, -0.1) is 0 Å². The summed E-state index contributed by atoms with van der Waals surface area (Å²) in [6.45, 7) is 8.68. The van der Waals surface area contributed by atoms with Gasteiger partial charge in [0.1, 0.15) is 0 Å². The third-order valence-electron chi connectivity index (χ3n) is 5.92. The number of aromatic nitrogens is 2. The molecule has 0 unspecified atom stereocenters. The molecule has 154 valence electrons. The molecule has 1 aliphatic carbocycles. The van der Waals surface area contributed by atoms with Crippen molar-refractivity contribution in [2.24, 2.45) is 0 Å². The van der Waals surface area contributed by atoms with E-state index < -0.39 is 0 Å². The van der Waals surface area contributed by atoms with Crippen LogP contribution in [0.1, 0.15) is 60.7 Å². The molecule has 0 radical (unpaired) electrons. The van der Waals surface area contributed by atoms with Crippen LogP contribution in [0.25, 0.3) is 0 Å². The van der Waals surface area contributed by atoms with Gasteiger partial charge in [0.2, 0.25) is 5.91 Å². The summed E-state index contributed by atoms with van der Waals surface area (Å²) in [5.74, 6) is 0.339. The van der Waals surface area contributed by atoms with Crippen molar-refractivity contribution in [3.05, 3.63) is 40.7 Å². The maximum atomic E-state index is 13.1. The van der Waals surface area contributed by atoms with Crippen molar-refractivity contribution in [1.29, 1.82) is 5.26 Å². The van der Waals surface area contributed by atoms with Crippen LogP contribution in [-0.2, 0) is 4.79 Å². The molecule has 1 heterocycles. The van der Waals surface area contributed by atoms with Crippen LogP contribution in [0, 0.1) is 39.0 Å². The second kappa shape index (κ2) is 9.49. The Balaban J connectivity index is 1.77. The van der Waals surface area contributed by atoms with Crippen LogP contribution in [-0.4, -0.2) is 27.8 Å². The average molecular weight is 411 g/mol. The van der Waals surface area contributed by atoms with E-state index in [-0.39, 0.29) is 5.91 Å². The Morgan fingerprint density at radius 2 is 1.97 bits per heavy atom. The maximum absolute atomic E-state index is 13.1. The van der Waals surface area contributed by atoms with Gasteiger partial charge in [0.25, 0.3) is 0 Å². The molecule has 5 nitrogen and oxygen atoms in total. The summed E-state index contributed by atoms with van der Waals surface area (Å²) in [5.41, 5.74) is 5.46. The Labute approximate surface area is 178 Å². The molecule has 6 heteroatoms. The first-order valence-electron chi connectivity index (χ1n) is 10.3. The predicted octanol–water partition coefficient (Wildman–Crippen LogP) is 5.27. The lowest BCUT2D eigenvalue weighted by molar-refractivity contribution is -0.116. The Morgan fingerprint density at radius 1 is 1.24 bits per heavy atom. The molecule has 1 amide bonds. The predicted molar refractivity (Wildman–Crippen MR) is 118 cm³/mol. The Kier molecular flexibility index (Phi) is 7.02. The molecule has 1 saturated carbocycles. The number of hydrogen-bond donors (Lipinski definition) is 0. The first-order valence-corrected chi connectivity index (χ1v) is 11.3. The summed E-state index contributed by atoms with van der Waals surface area (Å²) in [6, 6.07) is 8.70. The van der Waals surface area contributed by atoms with Crippen LogP contribution in [0.3, 0.4) is 0 Å². The highest BCUT2D eigenvalue weighted by atomic mass is 32.2. The molecule has 3 rings (SSSR count). The minimum Gasteiger partial charge on any atom is -0.320 e. The molecule has 1 aromatic heterocycles. The lowest BCUT2D eigenvalue weighted by Crippen LogP contribution is -2.33. The van der Waals surface area contributed by atoms with Crippen LogP contribution in [0.2, 0.25) is 0 Å². The van der Waals surface area contributed by atoms with Crippen molar-refractivity contribution in [2.45, 2.75) is 71.0 Å². The van der Waals surface area contributed by atoms with Gasteiger partial charge in [0.15, 0.2) is 5.16 Å². The second-order valence-corrected chi connectivity index (χ2v) is 8.83. The van der Waals surface area contributed by atoms with Gasteiger partial charge in [-0.05, 0) is 63.8 Å². The van der Waals surface area contributed by atoms with Gasteiger partial charge in [-0.25, -0.2) is 4.98 Å². The number of nitriles is 1. The van der Waals surface area contributed by atoms with E-state index >= 15 is 0 Å². The Hall–Kier alpha value is -2.26. The number of aryl methyl sites for hydroxylation is 3. The third-order valence-corrected chi connectivity index (χ3v) is 6.86. The Morgan fingerprint density at radius 3 is 2.62 bits per heavy atom. The van der Waals surface area contributed by atoms with Crippen LogP contribution >= 0.6 is 11.8 Å². The van der Waals surface area contributed by atoms with Crippen molar-refractivity contribution < 1.29 is 4.79 Å². The van der Waals surface area contributed by atoms with E-state index in [9.17, 15) is 4.79 Å². The van der Waals surface area contributed by atoms with Gasteiger partial charge in [-0.1, -0.05) is 30.7 Å². The normalized spacial score (nSPS) is 14.2. The fourth-order valence-electron chi connectivity index (χ4n) is 3.95.